The first kappa shape index (κ1) is 29.3. The molecule has 1 aliphatic heterocycles. The highest BCUT2D eigenvalue weighted by atomic mass is 79.9. The number of hydrogen-bond donors (Lipinski definition) is 2. The Hall–Kier alpha value is -4.64. The Balaban J connectivity index is 1.51. The minimum atomic E-state index is -0.875. The van der Waals surface area contributed by atoms with Gasteiger partial charge in [-0.05, 0) is 77.3 Å². The predicted molar refractivity (Wildman–Crippen MR) is 157 cm³/mol. The molecule has 1 heterocycles. The van der Waals surface area contributed by atoms with Gasteiger partial charge >= 0.3 is 6.03 Å². The van der Waals surface area contributed by atoms with Crippen LogP contribution in [-0.4, -0.2) is 43.6 Å². The topological polar surface area (TPSA) is 123 Å². The van der Waals surface area contributed by atoms with E-state index in [9.17, 15) is 19.2 Å². The molecule has 3 aromatic rings. The molecule has 212 valence electrons. The summed E-state index contributed by atoms with van der Waals surface area (Å²) in [4.78, 5) is 51.8. The summed E-state index contributed by atoms with van der Waals surface area (Å²) in [5.74, 6) is -0.700. The van der Waals surface area contributed by atoms with Crippen molar-refractivity contribution in [3.63, 3.8) is 0 Å². The lowest BCUT2D eigenvalue weighted by atomic mass is 10.1. The lowest BCUT2D eigenvalue weighted by Gasteiger charge is -2.27. The number of nitrogens with zero attached hydrogens (tertiary/aromatic N) is 1. The maximum atomic E-state index is 13.4. The fraction of sp³-hybridized carbons (Fsp3) is 0.200. The third-order valence-corrected chi connectivity index (χ3v) is 6.35. The maximum Gasteiger partial charge on any atom is 0.335 e. The van der Waals surface area contributed by atoms with Crippen molar-refractivity contribution in [3.8, 4) is 17.2 Å². The van der Waals surface area contributed by atoms with Crippen LogP contribution >= 0.6 is 15.9 Å². The van der Waals surface area contributed by atoms with Crippen LogP contribution < -0.4 is 29.7 Å². The number of carbonyl (C=O) groups is 4. The second kappa shape index (κ2) is 13.6. The van der Waals surface area contributed by atoms with Crippen molar-refractivity contribution >= 4 is 57.1 Å². The quantitative estimate of drug-likeness (QED) is 0.219. The molecule has 4 rings (SSSR count). The van der Waals surface area contributed by atoms with Crippen LogP contribution in [0.15, 0.2) is 76.8 Å². The number of nitrogens with one attached hydrogen (secondary N) is 2. The lowest BCUT2D eigenvalue weighted by Crippen LogP contribution is -2.54. The number of imide groups is 2. The van der Waals surface area contributed by atoms with Crippen molar-refractivity contribution in [2.45, 2.75) is 20.3 Å². The third-order valence-electron chi connectivity index (χ3n) is 5.73. The Morgan fingerprint density at radius 3 is 2.39 bits per heavy atom. The molecule has 1 aliphatic rings. The third kappa shape index (κ3) is 7.31. The molecule has 1 saturated heterocycles. The summed E-state index contributed by atoms with van der Waals surface area (Å²) in [6.07, 6.45) is 2.17. The van der Waals surface area contributed by atoms with E-state index >= 15 is 0 Å². The molecule has 5 amide bonds. The minimum absolute atomic E-state index is 0.219. The molecular formula is C30H28BrN3O7. The highest BCUT2D eigenvalue weighted by Crippen LogP contribution is 2.34. The minimum Gasteiger partial charge on any atom is -0.490 e. The van der Waals surface area contributed by atoms with Crippen molar-refractivity contribution in [2.24, 2.45) is 0 Å². The summed E-state index contributed by atoms with van der Waals surface area (Å²) in [6.45, 7) is 4.38. The molecule has 3 aromatic carbocycles. The Kier molecular flexibility index (Phi) is 9.75. The molecule has 0 aliphatic carbocycles. The largest absolute Gasteiger partial charge is 0.490 e. The summed E-state index contributed by atoms with van der Waals surface area (Å²) >= 11 is 3.40. The average molecular weight is 622 g/mol. The standard InChI is InChI=1S/C30H28BrN3O7/c1-3-14-40-25-13-11-21(17-26(25)39-4-2)34-29(37)22(28(36)33-30(34)38)15-19-10-12-24(23(31)16-19)41-18-27(35)32-20-8-6-5-7-9-20/h5-13,15-17H,3-4,14,18H2,1-2H3,(H,32,35)(H,33,36,38)/b22-15+. The van der Waals surface area contributed by atoms with Crippen LogP contribution in [-0.2, 0) is 14.4 Å². The molecule has 0 unspecified atom stereocenters. The monoisotopic (exact) mass is 621 g/mol. The highest BCUT2D eigenvalue weighted by Gasteiger charge is 2.37. The molecule has 1 fully saturated rings. The number of amides is 5. The van der Waals surface area contributed by atoms with Gasteiger partial charge in [0.2, 0.25) is 0 Å². The van der Waals surface area contributed by atoms with Crippen molar-refractivity contribution in [1.29, 1.82) is 0 Å². The summed E-state index contributed by atoms with van der Waals surface area (Å²) < 4.78 is 17.5. The normalized spacial score (nSPS) is 14.1. The van der Waals surface area contributed by atoms with Gasteiger partial charge in [0.25, 0.3) is 17.7 Å². The second-order valence-corrected chi connectivity index (χ2v) is 9.62. The Bertz CT molecular complexity index is 1490. The Labute approximate surface area is 245 Å². The van der Waals surface area contributed by atoms with Crippen LogP contribution in [0, 0.1) is 0 Å². The van der Waals surface area contributed by atoms with E-state index in [4.69, 9.17) is 14.2 Å². The summed E-state index contributed by atoms with van der Waals surface area (Å²) in [7, 11) is 0. The zero-order chi connectivity index (χ0) is 29.4. The van der Waals surface area contributed by atoms with E-state index in [1.165, 1.54) is 12.1 Å². The number of halogens is 1. The number of anilines is 2. The molecule has 0 spiro atoms. The number of urea groups is 1. The van der Waals surface area contributed by atoms with Crippen LogP contribution in [0.2, 0.25) is 0 Å². The molecule has 0 saturated carbocycles. The Morgan fingerprint density at radius 1 is 0.927 bits per heavy atom. The van der Waals surface area contributed by atoms with Crippen molar-refractivity contribution in [3.05, 3.63) is 82.3 Å². The SMILES string of the molecule is CCCOc1ccc(N2C(=O)NC(=O)/C(=C\c3ccc(OCC(=O)Nc4ccccc4)c(Br)c3)C2=O)cc1OCC. The van der Waals surface area contributed by atoms with Crippen LogP contribution in [0.3, 0.4) is 0 Å². The molecular weight excluding hydrogens is 594 g/mol. The number of para-hydroxylation sites is 1. The first-order valence-electron chi connectivity index (χ1n) is 12.9. The van der Waals surface area contributed by atoms with Gasteiger partial charge < -0.3 is 19.5 Å². The number of ether oxygens (including phenoxy) is 3. The first-order valence-corrected chi connectivity index (χ1v) is 13.7. The van der Waals surface area contributed by atoms with E-state index < -0.39 is 17.8 Å². The molecule has 0 bridgehead atoms. The average Bonchev–Trinajstić information content (AvgIpc) is 2.95. The van der Waals surface area contributed by atoms with E-state index in [-0.39, 0.29) is 23.8 Å². The molecule has 0 aromatic heterocycles. The van der Waals surface area contributed by atoms with Crippen molar-refractivity contribution in [2.75, 3.05) is 30.0 Å². The molecule has 11 heteroatoms. The van der Waals surface area contributed by atoms with Gasteiger partial charge in [0.15, 0.2) is 18.1 Å². The second-order valence-electron chi connectivity index (χ2n) is 8.76. The molecule has 2 N–H and O–H groups in total. The number of carbonyl (C=O) groups excluding carboxylic acids is 4. The van der Waals surface area contributed by atoms with Gasteiger partial charge in [-0.1, -0.05) is 31.2 Å². The summed E-state index contributed by atoms with van der Waals surface area (Å²) in [5, 5.41) is 4.95. The van der Waals surface area contributed by atoms with E-state index in [0.29, 0.717) is 46.2 Å². The van der Waals surface area contributed by atoms with Crippen LogP contribution in [0.5, 0.6) is 17.2 Å². The zero-order valence-electron chi connectivity index (χ0n) is 22.4. The van der Waals surface area contributed by atoms with Gasteiger partial charge in [0.1, 0.15) is 11.3 Å². The van der Waals surface area contributed by atoms with Crippen LogP contribution in [0.25, 0.3) is 6.08 Å². The van der Waals surface area contributed by atoms with E-state index in [2.05, 4.69) is 26.6 Å². The number of hydrogen-bond acceptors (Lipinski definition) is 7. The number of barbiturate groups is 1. The highest BCUT2D eigenvalue weighted by molar-refractivity contribution is 9.10. The van der Waals surface area contributed by atoms with Gasteiger partial charge in [-0.3, -0.25) is 19.7 Å². The summed E-state index contributed by atoms with van der Waals surface area (Å²) in [5.41, 5.74) is 1.12. The van der Waals surface area contributed by atoms with E-state index in [1.54, 1.807) is 42.5 Å². The lowest BCUT2D eigenvalue weighted by molar-refractivity contribution is -0.122. The number of benzene rings is 3. The molecule has 0 atom stereocenters. The fourth-order valence-corrected chi connectivity index (χ4v) is 4.39. The molecule has 10 nitrogen and oxygen atoms in total. The molecule has 0 radical (unpaired) electrons. The van der Waals surface area contributed by atoms with E-state index in [0.717, 1.165) is 11.3 Å². The molecule has 41 heavy (non-hydrogen) atoms. The van der Waals surface area contributed by atoms with Crippen LogP contribution in [0.1, 0.15) is 25.8 Å². The van der Waals surface area contributed by atoms with Crippen molar-refractivity contribution in [1.82, 2.24) is 5.32 Å². The van der Waals surface area contributed by atoms with Gasteiger partial charge in [-0.25, -0.2) is 9.69 Å². The van der Waals surface area contributed by atoms with Gasteiger partial charge in [-0.2, -0.15) is 0 Å². The van der Waals surface area contributed by atoms with E-state index in [1.807, 2.05) is 32.0 Å². The first-order chi connectivity index (χ1) is 19.8. The number of rotatable bonds is 11. The fourth-order valence-electron chi connectivity index (χ4n) is 3.88. The summed E-state index contributed by atoms with van der Waals surface area (Å²) in [6, 6.07) is 17.7. The van der Waals surface area contributed by atoms with Crippen LogP contribution in [0.4, 0.5) is 16.2 Å². The van der Waals surface area contributed by atoms with Gasteiger partial charge in [0.05, 0.1) is 23.4 Å². The smallest absolute Gasteiger partial charge is 0.335 e. The maximum absolute atomic E-state index is 13.4. The van der Waals surface area contributed by atoms with Crippen molar-refractivity contribution < 1.29 is 33.4 Å². The van der Waals surface area contributed by atoms with Gasteiger partial charge in [-0.15, -0.1) is 0 Å². The zero-order valence-corrected chi connectivity index (χ0v) is 24.0. The predicted octanol–water partition coefficient (Wildman–Crippen LogP) is 5.32. The van der Waals surface area contributed by atoms with Gasteiger partial charge in [0, 0.05) is 11.8 Å². The Morgan fingerprint density at radius 2 is 1.68 bits per heavy atom.